The van der Waals surface area contributed by atoms with Crippen LogP contribution in [0.25, 0.3) is 0 Å². The van der Waals surface area contributed by atoms with Crippen LogP contribution in [-0.4, -0.2) is 42.0 Å². The quantitative estimate of drug-likeness (QED) is 0.467. The first-order chi connectivity index (χ1) is 12.1. The maximum Gasteiger partial charge on any atom is 0.173 e. The van der Waals surface area contributed by atoms with Crippen molar-refractivity contribution in [1.82, 2.24) is 14.8 Å². The molecule has 0 radical (unpaired) electrons. The van der Waals surface area contributed by atoms with Gasteiger partial charge in [-0.2, -0.15) is 0 Å². The number of nitrogens with zero attached hydrogens (tertiary/aromatic N) is 4. The lowest BCUT2D eigenvalue weighted by Gasteiger charge is -2.18. The monoisotopic (exact) mass is 482 g/mol. The van der Waals surface area contributed by atoms with Gasteiger partial charge in [0, 0.05) is 36.1 Å². The van der Waals surface area contributed by atoms with Crippen LogP contribution in [0.4, 0.5) is 0 Å². The number of halogens is 1. The van der Waals surface area contributed by atoms with Gasteiger partial charge in [0.1, 0.15) is 7.05 Å². The largest absolute Gasteiger partial charge is 1.00 e. The first-order valence-electron chi connectivity index (χ1n) is 9.41. The molecule has 2 aliphatic rings. The molecule has 0 amide bonds. The van der Waals surface area contributed by atoms with Crippen LogP contribution in [0.15, 0.2) is 49.1 Å². The molecule has 0 spiro atoms. The topological polar surface area (TPSA) is 23.2 Å². The van der Waals surface area contributed by atoms with Crippen molar-refractivity contribution >= 4 is 0 Å². The molecule has 2 aromatic rings. The molecule has 4 heterocycles. The molecule has 27 heavy (non-hydrogen) atoms. The van der Waals surface area contributed by atoms with Crippen LogP contribution in [0.5, 0.6) is 0 Å². The highest BCUT2D eigenvalue weighted by molar-refractivity contribution is 5.15. The molecule has 4 nitrogen and oxygen atoms in total. The van der Waals surface area contributed by atoms with Crippen LogP contribution in [-0.2, 0) is 7.05 Å². The average molecular weight is 482 g/mol. The molecular formula is C22H35IN4. The van der Waals surface area contributed by atoms with E-state index in [0.29, 0.717) is 12.1 Å². The Bertz CT molecular complexity index is 664. The molecule has 2 fully saturated rings. The lowest BCUT2D eigenvalue weighted by molar-refractivity contribution is -0.672. The van der Waals surface area contributed by atoms with Crippen LogP contribution in [0.1, 0.15) is 56.3 Å². The van der Waals surface area contributed by atoms with Gasteiger partial charge >= 0.3 is 0 Å². The summed E-state index contributed by atoms with van der Waals surface area (Å²) >= 11 is 0. The minimum Gasteiger partial charge on any atom is -1.00 e. The van der Waals surface area contributed by atoms with Crippen molar-refractivity contribution in [3.8, 4) is 0 Å². The van der Waals surface area contributed by atoms with E-state index in [1.54, 1.807) is 0 Å². The fraction of sp³-hybridized carbons (Fsp3) is 0.545. The number of pyridine rings is 2. The summed E-state index contributed by atoms with van der Waals surface area (Å²) in [7, 11) is 6.48. The number of rotatable bonds is 2. The highest BCUT2D eigenvalue weighted by Gasteiger charge is 2.24. The number of hydrogen-bond acceptors (Lipinski definition) is 3. The van der Waals surface area contributed by atoms with E-state index in [-0.39, 0.29) is 31.4 Å². The van der Waals surface area contributed by atoms with Crippen LogP contribution < -0.4 is 28.5 Å². The van der Waals surface area contributed by atoms with Gasteiger partial charge in [-0.15, -0.1) is 0 Å². The van der Waals surface area contributed by atoms with Crippen LogP contribution in [0.3, 0.4) is 0 Å². The molecule has 0 aliphatic carbocycles. The maximum absolute atomic E-state index is 4.14. The zero-order valence-electron chi connectivity index (χ0n) is 16.2. The van der Waals surface area contributed by atoms with E-state index in [2.05, 4.69) is 71.1 Å². The Labute approximate surface area is 182 Å². The summed E-state index contributed by atoms with van der Waals surface area (Å²) < 4.78 is 2.13. The fourth-order valence-corrected chi connectivity index (χ4v) is 4.04. The number of aryl methyl sites for hydroxylation is 1. The van der Waals surface area contributed by atoms with Gasteiger partial charge in [-0.25, -0.2) is 4.57 Å². The molecule has 0 saturated carbocycles. The van der Waals surface area contributed by atoms with Crippen molar-refractivity contribution in [1.29, 1.82) is 0 Å². The van der Waals surface area contributed by atoms with E-state index in [0.717, 1.165) is 0 Å². The van der Waals surface area contributed by atoms with E-state index in [1.165, 1.54) is 49.9 Å². The Morgan fingerprint density at radius 3 is 2.04 bits per heavy atom. The van der Waals surface area contributed by atoms with E-state index >= 15 is 0 Å². The summed E-state index contributed by atoms with van der Waals surface area (Å²) in [6, 6.07) is 9.79. The second-order valence-electron chi connectivity index (χ2n) is 7.37. The molecule has 150 valence electrons. The Morgan fingerprint density at radius 2 is 1.56 bits per heavy atom. The Morgan fingerprint density at radius 1 is 0.963 bits per heavy atom. The average Bonchev–Trinajstić information content (AvgIpc) is 3.24. The molecule has 5 heteroatoms. The predicted octanol–water partition coefficient (Wildman–Crippen LogP) is 0.766. The molecule has 4 rings (SSSR count). The third-order valence-corrected chi connectivity index (χ3v) is 5.46. The van der Waals surface area contributed by atoms with Gasteiger partial charge in [0.25, 0.3) is 0 Å². The molecular weight excluding hydrogens is 447 g/mol. The second-order valence-corrected chi connectivity index (χ2v) is 7.37. The van der Waals surface area contributed by atoms with Crippen molar-refractivity contribution in [3.05, 3.63) is 60.2 Å². The van der Waals surface area contributed by atoms with Crippen molar-refractivity contribution in [2.75, 3.05) is 27.2 Å². The zero-order valence-corrected chi connectivity index (χ0v) is 18.3. The maximum atomic E-state index is 4.14. The van der Waals surface area contributed by atoms with Gasteiger partial charge in [0.2, 0.25) is 0 Å². The summed E-state index contributed by atoms with van der Waals surface area (Å²) in [6.07, 6.45) is 13.4. The lowest BCUT2D eigenvalue weighted by Crippen LogP contribution is -3.00. The number of aromatic nitrogens is 2. The van der Waals surface area contributed by atoms with E-state index in [1.807, 2.05) is 18.5 Å². The molecule has 2 unspecified atom stereocenters. The Hall–Kier alpha value is -1.05. The number of likely N-dealkylation sites (tertiary alicyclic amines) is 2. The van der Waals surface area contributed by atoms with E-state index < -0.39 is 0 Å². The van der Waals surface area contributed by atoms with Gasteiger partial charge in [-0.05, 0) is 70.6 Å². The third kappa shape index (κ3) is 6.50. The van der Waals surface area contributed by atoms with Gasteiger partial charge in [-0.3, -0.25) is 14.8 Å². The van der Waals surface area contributed by atoms with E-state index in [4.69, 9.17) is 0 Å². The van der Waals surface area contributed by atoms with Crippen LogP contribution in [0, 0.1) is 0 Å². The first kappa shape index (κ1) is 24.0. The van der Waals surface area contributed by atoms with Gasteiger partial charge in [0.05, 0.1) is 0 Å². The lowest BCUT2D eigenvalue weighted by atomic mass is 10.1. The normalized spacial score (nSPS) is 22.3. The van der Waals surface area contributed by atoms with Crippen molar-refractivity contribution in [2.45, 2.75) is 45.2 Å². The summed E-state index contributed by atoms with van der Waals surface area (Å²) in [4.78, 5) is 8.98. The zero-order chi connectivity index (χ0) is 17.6. The minimum atomic E-state index is 0. The molecule has 2 aliphatic heterocycles. The molecule has 0 aromatic carbocycles. The Kier molecular flexibility index (Phi) is 10.4. The summed E-state index contributed by atoms with van der Waals surface area (Å²) in [5.74, 6) is 0. The molecule has 2 saturated heterocycles. The molecule has 0 bridgehead atoms. The third-order valence-electron chi connectivity index (χ3n) is 5.46. The summed E-state index contributed by atoms with van der Waals surface area (Å²) in [6.45, 7) is 2.46. The van der Waals surface area contributed by atoms with Crippen molar-refractivity contribution < 1.29 is 28.5 Å². The van der Waals surface area contributed by atoms with Crippen molar-refractivity contribution in [2.24, 2.45) is 7.05 Å². The SMILES string of the molecule is C.CN1CCCC1c1ccc[n+](C)c1.CN1CCCC1c1cccnc1.[I-]. The predicted molar refractivity (Wildman–Crippen MR) is 108 cm³/mol. The smallest absolute Gasteiger partial charge is 0.173 e. The Balaban J connectivity index is 0.000000252. The summed E-state index contributed by atoms with van der Waals surface area (Å²) in [5.41, 5.74) is 2.81. The summed E-state index contributed by atoms with van der Waals surface area (Å²) in [5, 5.41) is 0. The van der Waals surface area contributed by atoms with Gasteiger partial charge in [0.15, 0.2) is 12.4 Å². The fourth-order valence-electron chi connectivity index (χ4n) is 4.04. The molecule has 0 N–H and O–H groups in total. The first-order valence-corrected chi connectivity index (χ1v) is 9.41. The van der Waals surface area contributed by atoms with Gasteiger partial charge in [-0.1, -0.05) is 13.5 Å². The van der Waals surface area contributed by atoms with Gasteiger partial charge < -0.3 is 24.0 Å². The van der Waals surface area contributed by atoms with Crippen molar-refractivity contribution in [3.63, 3.8) is 0 Å². The van der Waals surface area contributed by atoms with Crippen LogP contribution >= 0.6 is 0 Å². The van der Waals surface area contributed by atoms with E-state index in [9.17, 15) is 0 Å². The second kappa shape index (κ2) is 11.7. The standard InChI is InChI=1S/C11H17N2.C10H14N2.CH4.HI/c1-12-7-3-5-10(9-12)11-6-4-8-13(11)2;1-12-7-3-5-10(12)9-4-2-6-11-8-9;;/h3,5,7,9,11H,4,6,8H2,1-2H3;2,4,6,8,10H,3,5,7H2,1H3;1H4;1H/q+1;;;/p-1. The molecule has 2 aromatic heterocycles. The number of hydrogen-bond donors (Lipinski definition) is 0. The van der Waals surface area contributed by atoms with Crippen LogP contribution in [0.2, 0.25) is 0 Å². The highest BCUT2D eigenvalue weighted by Crippen LogP contribution is 2.29. The minimum absolute atomic E-state index is 0. The highest BCUT2D eigenvalue weighted by atomic mass is 127. The molecule has 2 atom stereocenters.